The van der Waals surface area contributed by atoms with Crippen molar-refractivity contribution in [1.82, 2.24) is 9.96 Å². The number of piperazine rings is 1. The summed E-state index contributed by atoms with van der Waals surface area (Å²) in [6, 6.07) is 7.20. The van der Waals surface area contributed by atoms with E-state index >= 15 is 0 Å². The summed E-state index contributed by atoms with van der Waals surface area (Å²) in [4.78, 5) is 14.1. The van der Waals surface area contributed by atoms with Crippen LogP contribution in [0.1, 0.15) is 0 Å². The van der Waals surface area contributed by atoms with Crippen molar-refractivity contribution >= 4 is 16.0 Å². The van der Waals surface area contributed by atoms with Gasteiger partial charge in [-0.05, 0) is 12.1 Å². The minimum absolute atomic E-state index is 0.163. The Bertz CT molecular complexity index is 684. The van der Waals surface area contributed by atoms with E-state index in [1.807, 2.05) is 12.1 Å². The third-order valence-electron chi connectivity index (χ3n) is 3.58. The number of nitrogens with zero attached hydrogens (tertiary/aromatic N) is 2. The first-order chi connectivity index (χ1) is 10.9. The van der Waals surface area contributed by atoms with E-state index in [-0.39, 0.29) is 12.5 Å². The fraction of sp³-hybridized carbons (Fsp3) is 0.500. The number of benzene rings is 1. The van der Waals surface area contributed by atoms with Crippen molar-refractivity contribution < 1.29 is 27.0 Å². The summed E-state index contributed by atoms with van der Waals surface area (Å²) in [7, 11) is -3.54. The van der Waals surface area contributed by atoms with Crippen molar-refractivity contribution in [2.45, 2.75) is 6.10 Å². The van der Waals surface area contributed by atoms with Crippen molar-refractivity contribution in [2.75, 3.05) is 39.0 Å². The summed E-state index contributed by atoms with van der Waals surface area (Å²) in [6.45, 7) is 1.55. The van der Waals surface area contributed by atoms with E-state index in [0.717, 1.165) is 6.26 Å². The second-order valence-electron chi connectivity index (χ2n) is 5.40. The summed E-state index contributed by atoms with van der Waals surface area (Å²) >= 11 is 0. The van der Waals surface area contributed by atoms with Gasteiger partial charge in [0.05, 0.1) is 6.26 Å². The first kappa shape index (κ1) is 16.0. The number of fused-ring (bicyclic) bond motifs is 1. The number of rotatable bonds is 3. The van der Waals surface area contributed by atoms with Crippen LogP contribution < -0.4 is 9.47 Å². The molecule has 0 spiro atoms. The molecule has 0 N–H and O–H groups in total. The van der Waals surface area contributed by atoms with Crippen LogP contribution in [-0.2, 0) is 19.2 Å². The Labute approximate surface area is 134 Å². The Morgan fingerprint density at radius 1 is 1.17 bits per heavy atom. The Kier molecular flexibility index (Phi) is 4.42. The Morgan fingerprint density at radius 2 is 1.83 bits per heavy atom. The normalized spacial score (nSPS) is 22.0. The lowest BCUT2D eigenvalue weighted by Crippen LogP contribution is -2.54. The second-order valence-corrected chi connectivity index (χ2v) is 6.95. The first-order valence-corrected chi connectivity index (χ1v) is 9.06. The molecule has 3 rings (SSSR count). The maximum atomic E-state index is 12.5. The van der Waals surface area contributed by atoms with Gasteiger partial charge in [-0.3, -0.25) is 4.79 Å². The Balaban J connectivity index is 1.56. The van der Waals surface area contributed by atoms with Crippen LogP contribution in [0, 0.1) is 0 Å². The third kappa shape index (κ3) is 3.92. The van der Waals surface area contributed by atoms with Gasteiger partial charge in [-0.25, -0.2) is 0 Å². The molecule has 0 aliphatic carbocycles. The largest absolute Gasteiger partial charge is 0.485 e. The van der Waals surface area contributed by atoms with E-state index in [1.54, 1.807) is 17.0 Å². The van der Waals surface area contributed by atoms with Crippen LogP contribution in [0.15, 0.2) is 24.3 Å². The van der Waals surface area contributed by atoms with Gasteiger partial charge < -0.3 is 14.4 Å². The molecule has 0 bridgehead atoms. The minimum Gasteiger partial charge on any atom is -0.485 e. The number of hydrogen-bond donors (Lipinski definition) is 0. The highest BCUT2D eigenvalue weighted by Gasteiger charge is 2.33. The number of carbonyl (C=O) groups is 1. The minimum atomic E-state index is -3.54. The molecular weight excluding hydrogens is 324 g/mol. The van der Waals surface area contributed by atoms with Crippen LogP contribution in [0.3, 0.4) is 0 Å². The van der Waals surface area contributed by atoms with Gasteiger partial charge in [0.25, 0.3) is 16.0 Å². The zero-order chi connectivity index (χ0) is 16.4. The van der Waals surface area contributed by atoms with Crippen LogP contribution in [0.2, 0.25) is 0 Å². The van der Waals surface area contributed by atoms with Crippen LogP contribution in [-0.4, -0.2) is 69.4 Å². The predicted molar refractivity (Wildman–Crippen MR) is 80.4 cm³/mol. The van der Waals surface area contributed by atoms with Gasteiger partial charge in [-0.15, -0.1) is 0 Å². The van der Waals surface area contributed by atoms with Gasteiger partial charge in [-0.2, -0.15) is 17.8 Å². The third-order valence-corrected chi connectivity index (χ3v) is 4.06. The van der Waals surface area contributed by atoms with E-state index in [1.165, 1.54) is 5.06 Å². The van der Waals surface area contributed by atoms with E-state index < -0.39 is 16.2 Å². The standard InChI is InChI=1S/C14H18N2O6S/c1-23(18,19)22-16-8-6-15(7-9-16)14(17)13-10-20-11-4-2-3-5-12(11)21-13/h2-5,13H,6-10H2,1H3. The highest BCUT2D eigenvalue weighted by atomic mass is 32.2. The van der Waals surface area contributed by atoms with E-state index in [9.17, 15) is 13.2 Å². The number of para-hydroxylation sites is 2. The Morgan fingerprint density at radius 3 is 2.48 bits per heavy atom. The molecule has 1 fully saturated rings. The van der Waals surface area contributed by atoms with Crippen molar-refractivity contribution in [3.05, 3.63) is 24.3 Å². The molecule has 1 unspecified atom stereocenters. The molecule has 0 saturated carbocycles. The van der Waals surface area contributed by atoms with Crippen LogP contribution in [0.4, 0.5) is 0 Å². The summed E-state index contributed by atoms with van der Waals surface area (Å²) in [5.74, 6) is 1.01. The average molecular weight is 342 g/mol. The van der Waals surface area contributed by atoms with E-state index in [4.69, 9.17) is 13.8 Å². The molecule has 2 heterocycles. The van der Waals surface area contributed by atoms with Gasteiger partial charge in [0.15, 0.2) is 11.5 Å². The molecule has 126 valence electrons. The molecule has 8 nitrogen and oxygen atoms in total. The molecule has 9 heteroatoms. The molecule has 1 saturated heterocycles. The zero-order valence-electron chi connectivity index (χ0n) is 12.7. The van der Waals surface area contributed by atoms with Gasteiger partial charge in [-0.1, -0.05) is 12.1 Å². The molecule has 2 aliphatic rings. The summed E-state index contributed by atoms with van der Waals surface area (Å²) < 4.78 is 38.3. The highest BCUT2D eigenvalue weighted by Crippen LogP contribution is 2.31. The van der Waals surface area contributed by atoms with Gasteiger partial charge in [0, 0.05) is 26.2 Å². The molecule has 1 atom stereocenters. The lowest BCUT2D eigenvalue weighted by Gasteiger charge is -2.35. The molecule has 1 amide bonds. The molecule has 0 radical (unpaired) electrons. The van der Waals surface area contributed by atoms with Crippen LogP contribution >= 0.6 is 0 Å². The molecule has 1 aromatic carbocycles. The lowest BCUT2D eigenvalue weighted by atomic mass is 10.2. The zero-order valence-corrected chi connectivity index (χ0v) is 13.5. The molecular formula is C14H18N2O6S. The molecule has 23 heavy (non-hydrogen) atoms. The second kappa shape index (κ2) is 6.34. The monoisotopic (exact) mass is 342 g/mol. The molecule has 2 aliphatic heterocycles. The van der Waals surface area contributed by atoms with Crippen molar-refractivity contribution in [2.24, 2.45) is 0 Å². The summed E-state index contributed by atoms with van der Waals surface area (Å²) in [6.07, 6.45) is 0.308. The Hall–Kier alpha value is -1.84. The SMILES string of the molecule is CS(=O)(=O)ON1CCN(C(=O)C2COc3ccccc3O2)CC1. The number of amides is 1. The first-order valence-electron chi connectivity index (χ1n) is 7.24. The summed E-state index contributed by atoms with van der Waals surface area (Å²) in [5.41, 5.74) is 0. The predicted octanol–water partition coefficient (Wildman–Crippen LogP) is -0.138. The number of hydroxylamine groups is 2. The topological polar surface area (TPSA) is 85.4 Å². The van der Waals surface area contributed by atoms with Gasteiger partial charge >= 0.3 is 0 Å². The van der Waals surface area contributed by atoms with Gasteiger partial charge in [0.1, 0.15) is 6.61 Å². The fourth-order valence-electron chi connectivity index (χ4n) is 2.52. The molecule has 0 aromatic heterocycles. The highest BCUT2D eigenvalue weighted by molar-refractivity contribution is 7.85. The van der Waals surface area contributed by atoms with Crippen molar-refractivity contribution in [1.29, 1.82) is 0 Å². The number of ether oxygens (including phenoxy) is 2. The smallest absolute Gasteiger partial charge is 0.280 e. The fourth-order valence-corrected chi connectivity index (χ4v) is 3.05. The lowest BCUT2D eigenvalue weighted by molar-refractivity contribution is -0.148. The number of carbonyl (C=O) groups excluding carboxylic acids is 1. The van der Waals surface area contributed by atoms with Crippen molar-refractivity contribution in [3.63, 3.8) is 0 Å². The van der Waals surface area contributed by atoms with Crippen LogP contribution in [0.25, 0.3) is 0 Å². The van der Waals surface area contributed by atoms with Gasteiger partial charge in [0.2, 0.25) is 6.10 Å². The number of hydrogen-bond acceptors (Lipinski definition) is 7. The van der Waals surface area contributed by atoms with Crippen LogP contribution in [0.5, 0.6) is 11.5 Å². The van der Waals surface area contributed by atoms with E-state index in [0.29, 0.717) is 37.7 Å². The average Bonchev–Trinajstić information content (AvgIpc) is 2.53. The van der Waals surface area contributed by atoms with E-state index in [2.05, 4.69) is 0 Å². The maximum absolute atomic E-state index is 12.5. The quantitative estimate of drug-likeness (QED) is 0.756. The maximum Gasteiger partial charge on any atom is 0.280 e. The van der Waals surface area contributed by atoms with Crippen molar-refractivity contribution in [3.8, 4) is 11.5 Å². The molecule has 1 aromatic rings. The summed E-state index contributed by atoms with van der Waals surface area (Å²) in [5, 5.41) is 1.34.